The number of aromatic nitrogens is 3. The van der Waals surface area contributed by atoms with Crippen LogP contribution in [0.5, 0.6) is 0 Å². The number of carbonyl (C=O) groups is 2. The first-order valence-electron chi connectivity index (χ1n) is 7.53. The van der Waals surface area contributed by atoms with Crippen molar-refractivity contribution in [1.82, 2.24) is 15.0 Å². The van der Waals surface area contributed by atoms with E-state index < -0.39 is 18.0 Å². The summed E-state index contributed by atoms with van der Waals surface area (Å²) in [5.74, 6) is -1.08. The highest BCUT2D eigenvalue weighted by Crippen LogP contribution is 2.26. The second-order valence-corrected chi connectivity index (χ2v) is 6.45. The van der Waals surface area contributed by atoms with Crippen LogP contribution in [-0.2, 0) is 9.53 Å². The van der Waals surface area contributed by atoms with E-state index in [1.807, 2.05) is 6.07 Å². The molecule has 0 bridgehead atoms. The molecule has 0 aliphatic rings. The normalized spacial score (nSPS) is 11.6. The number of esters is 1. The van der Waals surface area contributed by atoms with E-state index >= 15 is 0 Å². The summed E-state index contributed by atoms with van der Waals surface area (Å²) in [6.45, 7) is 1.46. The van der Waals surface area contributed by atoms with E-state index in [0.717, 1.165) is 5.56 Å². The zero-order valence-corrected chi connectivity index (χ0v) is 15.1. The van der Waals surface area contributed by atoms with Gasteiger partial charge in [-0.15, -0.1) is 11.3 Å². The molecular formula is C17H13ClN4O3S. The van der Waals surface area contributed by atoms with Crippen LogP contribution in [-0.4, -0.2) is 32.9 Å². The van der Waals surface area contributed by atoms with Crippen molar-refractivity contribution in [1.29, 1.82) is 0 Å². The van der Waals surface area contributed by atoms with Gasteiger partial charge in [0.05, 0.1) is 0 Å². The average molecular weight is 389 g/mol. The molecule has 26 heavy (non-hydrogen) atoms. The van der Waals surface area contributed by atoms with E-state index in [-0.39, 0.29) is 11.6 Å². The zero-order valence-electron chi connectivity index (χ0n) is 13.5. The number of anilines is 1. The number of halogens is 1. The van der Waals surface area contributed by atoms with Crippen LogP contribution >= 0.6 is 22.9 Å². The Labute approximate surface area is 158 Å². The highest BCUT2D eigenvalue weighted by Gasteiger charge is 2.21. The fourth-order valence-electron chi connectivity index (χ4n) is 1.97. The van der Waals surface area contributed by atoms with Crippen LogP contribution in [0.1, 0.15) is 17.4 Å². The van der Waals surface area contributed by atoms with Crippen molar-refractivity contribution in [2.24, 2.45) is 0 Å². The van der Waals surface area contributed by atoms with Crippen LogP contribution in [0, 0.1) is 0 Å². The number of nitrogens with one attached hydrogen (secondary N) is 1. The van der Waals surface area contributed by atoms with Crippen LogP contribution in [0.2, 0.25) is 5.02 Å². The summed E-state index contributed by atoms with van der Waals surface area (Å²) in [7, 11) is 0. The number of benzene rings is 1. The maximum Gasteiger partial charge on any atom is 0.358 e. The lowest BCUT2D eigenvalue weighted by molar-refractivity contribution is -0.123. The van der Waals surface area contributed by atoms with Crippen LogP contribution in [0.25, 0.3) is 10.6 Å². The standard InChI is InChI=1S/C17H13ClN4O3S/c1-10(14(23)22-17-19-6-3-7-20-17)25-16(24)13-9-26-15(21-13)11-4-2-5-12(18)8-11/h2-10H,1H3,(H,19,20,22,23). The van der Waals surface area contributed by atoms with Gasteiger partial charge in [0, 0.05) is 28.4 Å². The van der Waals surface area contributed by atoms with Crippen molar-refractivity contribution >= 4 is 40.8 Å². The van der Waals surface area contributed by atoms with E-state index in [1.54, 1.807) is 29.6 Å². The number of rotatable bonds is 5. The third-order valence-electron chi connectivity index (χ3n) is 3.24. The smallest absolute Gasteiger partial charge is 0.358 e. The van der Waals surface area contributed by atoms with E-state index in [9.17, 15) is 9.59 Å². The minimum atomic E-state index is -1.03. The Morgan fingerprint density at radius 2 is 2.00 bits per heavy atom. The number of thiazole rings is 1. The minimum Gasteiger partial charge on any atom is -0.448 e. The molecule has 1 unspecified atom stereocenters. The molecule has 0 aliphatic heterocycles. The Hall–Kier alpha value is -2.84. The van der Waals surface area contributed by atoms with Gasteiger partial charge in [-0.2, -0.15) is 0 Å². The summed E-state index contributed by atoms with van der Waals surface area (Å²) < 4.78 is 5.15. The molecular weight excluding hydrogens is 376 g/mol. The minimum absolute atomic E-state index is 0.126. The van der Waals surface area contributed by atoms with E-state index in [4.69, 9.17) is 16.3 Å². The molecule has 2 heterocycles. The molecule has 9 heteroatoms. The van der Waals surface area contributed by atoms with Gasteiger partial charge in [-0.25, -0.2) is 19.7 Å². The largest absolute Gasteiger partial charge is 0.448 e. The van der Waals surface area contributed by atoms with Gasteiger partial charge in [0.25, 0.3) is 5.91 Å². The fraction of sp³-hybridized carbons (Fsp3) is 0.118. The van der Waals surface area contributed by atoms with E-state index in [0.29, 0.717) is 10.0 Å². The molecule has 1 aromatic carbocycles. The van der Waals surface area contributed by atoms with Crippen molar-refractivity contribution in [3.63, 3.8) is 0 Å². The van der Waals surface area contributed by atoms with Crippen LogP contribution in [0.4, 0.5) is 5.95 Å². The van der Waals surface area contributed by atoms with Gasteiger partial charge < -0.3 is 4.74 Å². The first-order chi connectivity index (χ1) is 12.5. The maximum atomic E-state index is 12.2. The van der Waals surface area contributed by atoms with Gasteiger partial charge >= 0.3 is 5.97 Å². The Morgan fingerprint density at radius 3 is 2.73 bits per heavy atom. The van der Waals surface area contributed by atoms with Gasteiger partial charge in [0.15, 0.2) is 11.8 Å². The summed E-state index contributed by atoms with van der Waals surface area (Å²) in [4.78, 5) is 36.3. The molecule has 0 aliphatic carbocycles. The zero-order chi connectivity index (χ0) is 18.5. The van der Waals surface area contributed by atoms with Gasteiger partial charge in [0.1, 0.15) is 5.01 Å². The third kappa shape index (κ3) is 4.41. The lowest BCUT2D eigenvalue weighted by Crippen LogP contribution is -2.30. The molecule has 3 rings (SSSR count). The Balaban J connectivity index is 1.63. The molecule has 0 saturated heterocycles. The number of amides is 1. The first-order valence-corrected chi connectivity index (χ1v) is 8.79. The summed E-state index contributed by atoms with van der Waals surface area (Å²) in [6.07, 6.45) is 1.96. The Bertz CT molecular complexity index is 933. The molecule has 7 nitrogen and oxygen atoms in total. The van der Waals surface area contributed by atoms with Gasteiger partial charge in [-0.3, -0.25) is 10.1 Å². The van der Waals surface area contributed by atoms with Gasteiger partial charge in [0.2, 0.25) is 5.95 Å². The first kappa shape index (κ1) is 18.0. The van der Waals surface area contributed by atoms with Crippen molar-refractivity contribution in [2.45, 2.75) is 13.0 Å². The lowest BCUT2D eigenvalue weighted by atomic mass is 10.2. The second kappa shape index (κ2) is 8.03. The quantitative estimate of drug-likeness (QED) is 0.673. The van der Waals surface area contributed by atoms with Gasteiger partial charge in [-0.05, 0) is 25.1 Å². The second-order valence-electron chi connectivity index (χ2n) is 5.16. The topological polar surface area (TPSA) is 94.1 Å². The Morgan fingerprint density at radius 1 is 1.23 bits per heavy atom. The lowest BCUT2D eigenvalue weighted by Gasteiger charge is -2.11. The molecule has 2 aromatic heterocycles. The van der Waals surface area contributed by atoms with Gasteiger partial charge in [-0.1, -0.05) is 23.7 Å². The SMILES string of the molecule is CC(OC(=O)c1csc(-c2cccc(Cl)c2)n1)C(=O)Nc1ncccn1. The average Bonchev–Trinajstić information content (AvgIpc) is 3.13. The summed E-state index contributed by atoms with van der Waals surface area (Å²) in [6, 6.07) is 8.78. The molecule has 3 aromatic rings. The molecule has 0 radical (unpaired) electrons. The molecule has 0 spiro atoms. The number of nitrogens with zero attached hydrogens (tertiary/aromatic N) is 3. The number of hydrogen-bond donors (Lipinski definition) is 1. The van der Waals surface area contributed by atoms with Crippen LogP contribution in [0.15, 0.2) is 48.1 Å². The molecule has 0 fully saturated rings. The third-order valence-corrected chi connectivity index (χ3v) is 4.37. The van der Waals surface area contributed by atoms with Crippen molar-refractivity contribution in [3.8, 4) is 10.6 Å². The molecule has 1 amide bonds. The Kier molecular flexibility index (Phi) is 5.55. The van der Waals surface area contributed by atoms with Crippen LogP contribution < -0.4 is 5.32 Å². The molecule has 1 atom stereocenters. The van der Waals surface area contributed by atoms with E-state index in [2.05, 4.69) is 20.3 Å². The molecule has 0 saturated carbocycles. The van der Waals surface area contributed by atoms with Crippen molar-refractivity contribution in [2.75, 3.05) is 5.32 Å². The molecule has 132 valence electrons. The molecule has 1 N–H and O–H groups in total. The van der Waals surface area contributed by atoms with E-state index in [1.165, 1.54) is 30.7 Å². The summed E-state index contributed by atoms with van der Waals surface area (Å²) in [5, 5.41) is 5.25. The highest BCUT2D eigenvalue weighted by molar-refractivity contribution is 7.13. The van der Waals surface area contributed by atoms with Crippen molar-refractivity contribution < 1.29 is 14.3 Å². The summed E-state index contributed by atoms with van der Waals surface area (Å²) >= 11 is 7.25. The summed E-state index contributed by atoms with van der Waals surface area (Å²) in [5.41, 5.74) is 0.925. The number of ether oxygens (including phenoxy) is 1. The fourth-order valence-corrected chi connectivity index (χ4v) is 2.95. The van der Waals surface area contributed by atoms with Crippen molar-refractivity contribution in [3.05, 3.63) is 58.8 Å². The number of carbonyl (C=O) groups excluding carboxylic acids is 2. The maximum absolute atomic E-state index is 12.2. The highest BCUT2D eigenvalue weighted by atomic mass is 35.5. The predicted molar refractivity (Wildman–Crippen MR) is 98.1 cm³/mol. The number of hydrogen-bond acceptors (Lipinski definition) is 7. The van der Waals surface area contributed by atoms with Crippen LogP contribution in [0.3, 0.4) is 0 Å². The predicted octanol–water partition coefficient (Wildman–Crippen LogP) is 3.44. The monoisotopic (exact) mass is 388 g/mol.